The lowest BCUT2D eigenvalue weighted by atomic mass is 10.2. The first-order valence-electron chi connectivity index (χ1n) is 9.51. The molecule has 148 valence electrons. The molecule has 5 aromatic rings. The second-order valence-corrected chi connectivity index (χ2v) is 6.99. The smallest absolute Gasteiger partial charge is 0.158 e. The van der Waals surface area contributed by atoms with Crippen LogP contribution in [0.1, 0.15) is 11.3 Å². The van der Waals surface area contributed by atoms with Crippen molar-refractivity contribution in [1.29, 1.82) is 0 Å². The molecule has 4 heterocycles. The molecule has 7 nitrogen and oxygen atoms in total. The van der Waals surface area contributed by atoms with Crippen LogP contribution in [0.25, 0.3) is 22.5 Å². The summed E-state index contributed by atoms with van der Waals surface area (Å²) in [6, 6.07) is 15.4. The highest BCUT2D eigenvalue weighted by atomic mass is 16.5. The largest absolute Gasteiger partial charge is 0.463 e. The summed E-state index contributed by atoms with van der Waals surface area (Å²) in [5, 5.41) is 3.36. The van der Waals surface area contributed by atoms with E-state index >= 15 is 0 Å². The first-order valence-corrected chi connectivity index (χ1v) is 9.51. The predicted octanol–water partition coefficient (Wildman–Crippen LogP) is 5.77. The number of hydrogen-bond acceptors (Lipinski definition) is 6. The van der Waals surface area contributed by atoms with E-state index in [0.717, 1.165) is 45.2 Å². The molecule has 0 atom stereocenters. The molecule has 4 aromatic heterocycles. The van der Waals surface area contributed by atoms with Gasteiger partial charge >= 0.3 is 0 Å². The van der Waals surface area contributed by atoms with Crippen molar-refractivity contribution < 1.29 is 9.15 Å². The number of benzene rings is 1. The highest BCUT2D eigenvalue weighted by molar-refractivity contribution is 5.91. The number of hydrogen-bond donors (Lipinski definition) is 2. The van der Waals surface area contributed by atoms with Crippen molar-refractivity contribution >= 4 is 22.5 Å². The molecule has 0 amide bonds. The van der Waals surface area contributed by atoms with E-state index in [2.05, 4.69) is 25.3 Å². The summed E-state index contributed by atoms with van der Waals surface area (Å²) < 4.78 is 11.4. The summed E-state index contributed by atoms with van der Waals surface area (Å²) in [7, 11) is 0. The number of furan rings is 1. The molecular weight excluding hydrogens is 378 g/mol. The van der Waals surface area contributed by atoms with Crippen LogP contribution in [0.3, 0.4) is 0 Å². The third-order valence-corrected chi connectivity index (χ3v) is 4.75. The topological polar surface area (TPSA) is 88.9 Å². The number of aromatic amines is 1. The van der Waals surface area contributed by atoms with Crippen LogP contribution in [0, 0.1) is 13.8 Å². The average Bonchev–Trinajstić information content (AvgIpc) is 3.42. The van der Waals surface area contributed by atoms with Crippen LogP contribution < -0.4 is 10.1 Å². The number of H-pyrrole nitrogens is 1. The highest BCUT2D eigenvalue weighted by Crippen LogP contribution is 2.31. The van der Waals surface area contributed by atoms with Crippen molar-refractivity contribution in [1.82, 2.24) is 19.9 Å². The standard InChI is InChI=1S/C23H19N5O2/c1-14-10-16(6-8-20(14)30-17-7-5-15(2)24-12-17)27-23-22-19(25-13-26-23)11-18(28-22)21-4-3-9-29-21/h3-13,28H,1-2H3,(H,25,26,27). The Bertz CT molecular complexity index is 1310. The summed E-state index contributed by atoms with van der Waals surface area (Å²) >= 11 is 0. The van der Waals surface area contributed by atoms with Crippen molar-refractivity contribution in [2.45, 2.75) is 13.8 Å². The number of ether oxygens (including phenoxy) is 1. The van der Waals surface area contributed by atoms with Gasteiger partial charge in [-0.1, -0.05) is 0 Å². The maximum atomic E-state index is 5.95. The molecule has 0 unspecified atom stereocenters. The van der Waals surface area contributed by atoms with E-state index in [-0.39, 0.29) is 0 Å². The third-order valence-electron chi connectivity index (χ3n) is 4.75. The van der Waals surface area contributed by atoms with E-state index in [0.29, 0.717) is 11.6 Å². The van der Waals surface area contributed by atoms with Crippen molar-refractivity contribution in [2.75, 3.05) is 5.32 Å². The van der Waals surface area contributed by atoms with Gasteiger partial charge in [-0.3, -0.25) is 4.98 Å². The van der Waals surface area contributed by atoms with Crippen molar-refractivity contribution in [2.24, 2.45) is 0 Å². The number of rotatable bonds is 5. The van der Waals surface area contributed by atoms with Crippen LogP contribution in [0.2, 0.25) is 0 Å². The van der Waals surface area contributed by atoms with Gasteiger partial charge < -0.3 is 19.5 Å². The molecule has 1 aromatic carbocycles. The van der Waals surface area contributed by atoms with Crippen LogP contribution in [0.4, 0.5) is 11.5 Å². The number of fused-ring (bicyclic) bond motifs is 1. The lowest BCUT2D eigenvalue weighted by Gasteiger charge is -2.12. The predicted molar refractivity (Wildman–Crippen MR) is 115 cm³/mol. The van der Waals surface area contributed by atoms with Crippen molar-refractivity contribution in [3.8, 4) is 23.0 Å². The molecule has 0 fully saturated rings. The molecule has 0 aliphatic heterocycles. The monoisotopic (exact) mass is 397 g/mol. The van der Waals surface area contributed by atoms with Crippen LogP contribution in [0.5, 0.6) is 11.5 Å². The van der Waals surface area contributed by atoms with Gasteiger partial charge in [-0.25, -0.2) is 9.97 Å². The number of nitrogens with zero attached hydrogens (tertiary/aromatic N) is 3. The normalized spacial score (nSPS) is 11.0. The van der Waals surface area contributed by atoms with E-state index in [1.807, 2.05) is 62.4 Å². The Morgan fingerprint density at radius 1 is 1.00 bits per heavy atom. The first kappa shape index (κ1) is 17.9. The summed E-state index contributed by atoms with van der Waals surface area (Å²) in [5.41, 5.74) is 5.32. The Morgan fingerprint density at radius 3 is 2.70 bits per heavy atom. The number of aromatic nitrogens is 4. The van der Waals surface area contributed by atoms with E-state index in [9.17, 15) is 0 Å². The summed E-state index contributed by atoms with van der Waals surface area (Å²) in [4.78, 5) is 16.4. The molecule has 30 heavy (non-hydrogen) atoms. The minimum Gasteiger partial charge on any atom is -0.463 e. The Labute approximate surface area is 172 Å². The zero-order valence-electron chi connectivity index (χ0n) is 16.5. The fraction of sp³-hybridized carbons (Fsp3) is 0.0870. The van der Waals surface area contributed by atoms with Crippen LogP contribution in [-0.2, 0) is 0 Å². The molecule has 2 N–H and O–H groups in total. The van der Waals surface area contributed by atoms with Crippen molar-refractivity contribution in [3.63, 3.8) is 0 Å². The van der Waals surface area contributed by atoms with E-state index in [1.165, 1.54) is 0 Å². The minimum atomic E-state index is 0.689. The zero-order valence-corrected chi connectivity index (χ0v) is 16.5. The zero-order chi connectivity index (χ0) is 20.5. The molecule has 0 bridgehead atoms. The van der Waals surface area contributed by atoms with Gasteiger partial charge in [0.25, 0.3) is 0 Å². The van der Waals surface area contributed by atoms with Gasteiger partial charge in [0.1, 0.15) is 29.1 Å². The second kappa shape index (κ2) is 7.36. The molecule has 0 spiro atoms. The Morgan fingerprint density at radius 2 is 1.93 bits per heavy atom. The molecule has 0 radical (unpaired) electrons. The maximum absolute atomic E-state index is 5.95. The SMILES string of the molecule is Cc1ccc(Oc2ccc(Nc3ncnc4cc(-c5ccco5)[nH]c34)cc2C)cn1. The van der Waals surface area contributed by atoms with E-state index in [1.54, 1.807) is 18.8 Å². The minimum absolute atomic E-state index is 0.689. The number of anilines is 2. The molecule has 0 saturated carbocycles. The lowest BCUT2D eigenvalue weighted by Crippen LogP contribution is -1.97. The van der Waals surface area contributed by atoms with E-state index < -0.39 is 0 Å². The Hall–Kier alpha value is -4.13. The maximum Gasteiger partial charge on any atom is 0.158 e. The van der Waals surface area contributed by atoms with Gasteiger partial charge in [0.2, 0.25) is 0 Å². The summed E-state index contributed by atoms with van der Waals surface area (Å²) in [5.74, 6) is 2.92. The van der Waals surface area contributed by atoms with Gasteiger partial charge in [0.05, 0.1) is 23.7 Å². The molecule has 5 rings (SSSR count). The summed E-state index contributed by atoms with van der Waals surface area (Å²) in [6.07, 6.45) is 4.91. The highest BCUT2D eigenvalue weighted by Gasteiger charge is 2.12. The molecule has 0 saturated heterocycles. The second-order valence-electron chi connectivity index (χ2n) is 6.99. The van der Waals surface area contributed by atoms with E-state index in [4.69, 9.17) is 9.15 Å². The molecule has 0 aliphatic carbocycles. The number of pyridine rings is 1. The van der Waals surface area contributed by atoms with Gasteiger partial charge in [0.15, 0.2) is 5.82 Å². The van der Waals surface area contributed by atoms with Gasteiger partial charge in [-0.15, -0.1) is 0 Å². The quantitative estimate of drug-likeness (QED) is 0.392. The number of aryl methyl sites for hydroxylation is 2. The molecular formula is C23H19N5O2. The molecule has 0 aliphatic rings. The molecule has 7 heteroatoms. The fourth-order valence-corrected chi connectivity index (χ4v) is 3.22. The average molecular weight is 397 g/mol. The van der Waals surface area contributed by atoms with Gasteiger partial charge in [-0.2, -0.15) is 0 Å². The third kappa shape index (κ3) is 3.48. The Balaban J connectivity index is 1.41. The Kier molecular flexibility index (Phi) is 4.40. The van der Waals surface area contributed by atoms with Crippen LogP contribution in [-0.4, -0.2) is 19.9 Å². The van der Waals surface area contributed by atoms with Gasteiger partial charge in [-0.05, 0) is 67.9 Å². The van der Waals surface area contributed by atoms with Crippen LogP contribution in [0.15, 0.2) is 71.7 Å². The summed E-state index contributed by atoms with van der Waals surface area (Å²) in [6.45, 7) is 3.95. The fourth-order valence-electron chi connectivity index (χ4n) is 3.22. The van der Waals surface area contributed by atoms with Gasteiger partial charge in [0, 0.05) is 11.4 Å². The number of nitrogens with one attached hydrogen (secondary N) is 2. The van der Waals surface area contributed by atoms with Crippen molar-refractivity contribution in [3.05, 3.63) is 78.6 Å². The first-order chi connectivity index (χ1) is 14.7. The van der Waals surface area contributed by atoms with Crippen LogP contribution >= 0.6 is 0 Å². The lowest BCUT2D eigenvalue weighted by molar-refractivity contribution is 0.476.